The summed E-state index contributed by atoms with van der Waals surface area (Å²) in [6.45, 7) is 4.39. The third-order valence-corrected chi connectivity index (χ3v) is 5.25. The molecule has 2 rings (SSSR count). The van der Waals surface area contributed by atoms with Crippen molar-refractivity contribution in [2.75, 3.05) is 6.54 Å². The molecule has 0 aliphatic rings. The van der Waals surface area contributed by atoms with E-state index >= 15 is 0 Å². The summed E-state index contributed by atoms with van der Waals surface area (Å²) in [4.78, 5) is 10.1. The van der Waals surface area contributed by atoms with Crippen molar-refractivity contribution in [1.29, 1.82) is 0 Å². The van der Waals surface area contributed by atoms with E-state index in [9.17, 15) is 18.5 Å². The first-order valence-corrected chi connectivity index (χ1v) is 9.08. The van der Waals surface area contributed by atoms with E-state index in [0.717, 1.165) is 6.42 Å². The molecule has 0 aromatic heterocycles. The molecule has 2 aromatic rings. The molecule has 0 saturated carbocycles. The number of aryl methyl sites for hydroxylation is 3. The molecule has 0 fully saturated rings. The maximum Gasteiger partial charge on any atom is 0.269 e. The molecule has 0 saturated heterocycles. The van der Waals surface area contributed by atoms with E-state index < -0.39 is 14.9 Å². The van der Waals surface area contributed by atoms with E-state index in [2.05, 4.69) is 16.9 Å². The Hall–Kier alpha value is -2.25. The molecular formula is C17H20N2O4S. The van der Waals surface area contributed by atoms with Crippen molar-refractivity contribution in [3.8, 4) is 0 Å². The zero-order valence-corrected chi connectivity index (χ0v) is 14.5. The van der Waals surface area contributed by atoms with Crippen LogP contribution in [0.25, 0.3) is 0 Å². The van der Waals surface area contributed by atoms with Gasteiger partial charge in [-0.3, -0.25) is 10.1 Å². The van der Waals surface area contributed by atoms with Crippen LogP contribution in [0.1, 0.15) is 23.1 Å². The summed E-state index contributed by atoms with van der Waals surface area (Å²) < 4.78 is 26.8. The Kier molecular flexibility index (Phi) is 5.69. The first-order chi connectivity index (χ1) is 11.3. The van der Waals surface area contributed by atoms with Gasteiger partial charge in [0.2, 0.25) is 10.0 Å². The van der Waals surface area contributed by atoms with E-state index in [-0.39, 0.29) is 10.6 Å². The number of hydrogen-bond donors (Lipinski definition) is 1. The van der Waals surface area contributed by atoms with Gasteiger partial charge in [-0.15, -0.1) is 0 Å². The quantitative estimate of drug-likeness (QED) is 0.473. The van der Waals surface area contributed by atoms with E-state index in [1.54, 1.807) is 0 Å². The molecule has 24 heavy (non-hydrogen) atoms. The van der Waals surface area contributed by atoms with Crippen LogP contribution in [0, 0.1) is 24.0 Å². The fraction of sp³-hybridized carbons (Fsp3) is 0.294. The number of non-ortho nitro benzene ring substituents is 1. The second-order valence-electron chi connectivity index (χ2n) is 5.68. The maximum atomic E-state index is 12.2. The number of nitrogens with one attached hydrogen (secondary N) is 1. The van der Waals surface area contributed by atoms with Crippen LogP contribution in [-0.2, 0) is 16.4 Å². The highest BCUT2D eigenvalue weighted by Crippen LogP contribution is 2.16. The van der Waals surface area contributed by atoms with Crippen LogP contribution in [0.2, 0.25) is 0 Å². The van der Waals surface area contributed by atoms with Crippen LogP contribution in [0.4, 0.5) is 5.69 Å². The van der Waals surface area contributed by atoms with Crippen molar-refractivity contribution in [3.05, 3.63) is 69.3 Å². The van der Waals surface area contributed by atoms with E-state index in [1.165, 1.54) is 41.0 Å². The van der Waals surface area contributed by atoms with Crippen LogP contribution >= 0.6 is 0 Å². The third kappa shape index (κ3) is 4.62. The van der Waals surface area contributed by atoms with Crippen LogP contribution in [-0.4, -0.2) is 19.9 Å². The SMILES string of the molecule is Cc1ccc(CCCNS(=O)(=O)c2ccc([N+](=O)[O-])cc2)c(C)c1. The zero-order valence-electron chi connectivity index (χ0n) is 13.7. The van der Waals surface area contributed by atoms with Gasteiger partial charge in [0, 0.05) is 18.7 Å². The minimum atomic E-state index is -3.65. The molecule has 0 unspecified atom stereocenters. The summed E-state index contributed by atoms with van der Waals surface area (Å²) in [5.41, 5.74) is 3.47. The standard InChI is InChI=1S/C17H20N2O4S/c1-13-5-6-15(14(2)12-13)4-3-11-18-24(22,23)17-9-7-16(8-10-17)19(20)21/h5-10,12,18H,3-4,11H2,1-2H3. The lowest BCUT2D eigenvalue weighted by molar-refractivity contribution is -0.384. The molecule has 6 nitrogen and oxygen atoms in total. The Bertz CT molecular complexity index is 830. The van der Waals surface area contributed by atoms with Crippen molar-refractivity contribution in [2.24, 2.45) is 0 Å². The van der Waals surface area contributed by atoms with Crippen molar-refractivity contribution in [1.82, 2.24) is 4.72 Å². The molecule has 128 valence electrons. The van der Waals surface area contributed by atoms with Crippen molar-refractivity contribution in [2.45, 2.75) is 31.6 Å². The highest BCUT2D eigenvalue weighted by molar-refractivity contribution is 7.89. The molecule has 0 amide bonds. The summed E-state index contributed by atoms with van der Waals surface area (Å²) in [7, 11) is -3.65. The van der Waals surface area contributed by atoms with Crippen LogP contribution in [0.15, 0.2) is 47.4 Å². The monoisotopic (exact) mass is 348 g/mol. The fourth-order valence-electron chi connectivity index (χ4n) is 2.44. The smallest absolute Gasteiger partial charge is 0.258 e. The van der Waals surface area contributed by atoms with Crippen LogP contribution in [0.3, 0.4) is 0 Å². The van der Waals surface area contributed by atoms with E-state index in [1.807, 2.05) is 19.9 Å². The molecule has 0 heterocycles. The van der Waals surface area contributed by atoms with Gasteiger partial charge in [0.25, 0.3) is 5.69 Å². The normalized spacial score (nSPS) is 11.4. The topological polar surface area (TPSA) is 89.3 Å². The summed E-state index contributed by atoms with van der Waals surface area (Å²) in [5.74, 6) is 0. The van der Waals surface area contributed by atoms with Gasteiger partial charge < -0.3 is 0 Å². The van der Waals surface area contributed by atoms with Gasteiger partial charge in [0.05, 0.1) is 9.82 Å². The number of sulfonamides is 1. The second-order valence-corrected chi connectivity index (χ2v) is 7.45. The number of hydrogen-bond acceptors (Lipinski definition) is 4. The minimum Gasteiger partial charge on any atom is -0.258 e. The molecule has 0 aliphatic carbocycles. The highest BCUT2D eigenvalue weighted by Gasteiger charge is 2.15. The lowest BCUT2D eigenvalue weighted by Crippen LogP contribution is -2.25. The van der Waals surface area contributed by atoms with E-state index in [4.69, 9.17) is 0 Å². The van der Waals surface area contributed by atoms with Gasteiger partial charge in [-0.1, -0.05) is 23.8 Å². The van der Waals surface area contributed by atoms with Gasteiger partial charge in [-0.25, -0.2) is 13.1 Å². The molecule has 2 aromatic carbocycles. The number of nitro benzene ring substituents is 1. The van der Waals surface area contributed by atoms with Gasteiger partial charge in [0.15, 0.2) is 0 Å². The molecule has 7 heteroatoms. The largest absolute Gasteiger partial charge is 0.269 e. The Morgan fingerprint density at radius 2 is 1.75 bits per heavy atom. The van der Waals surface area contributed by atoms with Gasteiger partial charge in [-0.05, 0) is 49.9 Å². The number of rotatable bonds is 7. The number of nitrogens with zero attached hydrogens (tertiary/aromatic N) is 1. The Morgan fingerprint density at radius 1 is 1.08 bits per heavy atom. The summed E-state index contributed by atoms with van der Waals surface area (Å²) in [6.07, 6.45) is 1.46. The van der Waals surface area contributed by atoms with Gasteiger partial charge in [-0.2, -0.15) is 0 Å². The molecule has 0 atom stereocenters. The predicted octanol–water partition coefficient (Wildman–Crippen LogP) is 3.12. The maximum absolute atomic E-state index is 12.2. The van der Waals surface area contributed by atoms with Crippen LogP contribution < -0.4 is 4.72 Å². The molecule has 0 spiro atoms. The first-order valence-electron chi connectivity index (χ1n) is 7.60. The van der Waals surface area contributed by atoms with E-state index in [0.29, 0.717) is 13.0 Å². The summed E-state index contributed by atoms with van der Waals surface area (Å²) >= 11 is 0. The first kappa shape index (κ1) is 18.1. The zero-order chi connectivity index (χ0) is 17.7. The molecular weight excluding hydrogens is 328 g/mol. The Balaban J connectivity index is 1.91. The lowest BCUT2D eigenvalue weighted by atomic mass is 10.0. The third-order valence-electron chi connectivity index (χ3n) is 3.77. The number of nitro groups is 1. The minimum absolute atomic E-state index is 0.0274. The summed E-state index contributed by atoms with van der Waals surface area (Å²) in [5, 5.41) is 10.6. The lowest BCUT2D eigenvalue weighted by Gasteiger charge is -2.09. The second kappa shape index (κ2) is 7.55. The predicted molar refractivity (Wildman–Crippen MR) is 92.5 cm³/mol. The average molecular weight is 348 g/mol. The molecule has 1 N–H and O–H groups in total. The molecule has 0 radical (unpaired) electrons. The Morgan fingerprint density at radius 3 is 2.33 bits per heavy atom. The van der Waals surface area contributed by atoms with Crippen LogP contribution in [0.5, 0.6) is 0 Å². The summed E-state index contributed by atoms with van der Waals surface area (Å²) in [6, 6.07) is 11.1. The average Bonchev–Trinajstić information content (AvgIpc) is 2.53. The van der Waals surface area contributed by atoms with Crippen molar-refractivity contribution >= 4 is 15.7 Å². The van der Waals surface area contributed by atoms with Crippen molar-refractivity contribution in [3.63, 3.8) is 0 Å². The molecule has 0 bridgehead atoms. The van der Waals surface area contributed by atoms with Crippen molar-refractivity contribution < 1.29 is 13.3 Å². The highest BCUT2D eigenvalue weighted by atomic mass is 32.2. The Labute approximate surface area is 141 Å². The molecule has 0 aliphatic heterocycles. The van der Waals surface area contributed by atoms with Gasteiger partial charge in [0.1, 0.15) is 0 Å². The van der Waals surface area contributed by atoms with Gasteiger partial charge >= 0.3 is 0 Å². The fourth-order valence-corrected chi connectivity index (χ4v) is 3.52. The number of benzene rings is 2.